The van der Waals surface area contributed by atoms with Crippen LogP contribution in [-0.4, -0.2) is 12.0 Å². The summed E-state index contributed by atoms with van der Waals surface area (Å²) in [5.74, 6) is 0.647. The number of benzene rings is 2. The molecule has 146 valence electrons. The highest BCUT2D eigenvalue weighted by Crippen LogP contribution is 2.25. The first kappa shape index (κ1) is 21.0. The van der Waals surface area contributed by atoms with Gasteiger partial charge in [0.1, 0.15) is 5.75 Å². The Kier molecular flexibility index (Phi) is 6.69. The second-order valence-electron chi connectivity index (χ2n) is 8.38. The van der Waals surface area contributed by atoms with Crippen molar-refractivity contribution in [3.8, 4) is 5.75 Å². The van der Waals surface area contributed by atoms with E-state index < -0.39 is 6.10 Å². The van der Waals surface area contributed by atoms with Gasteiger partial charge in [-0.25, -0.2) is 0 Å². The first-order valence-electron chi connectivity index (χ1n) is 9.76. The zero-order valence-corrected chi connectivity index (χ0v) is 17.7. The lowest BCUT2D eigenvalue weighted by Crippen LogP contribution is -2.39. The van der Waals surface area contributed by atoms with Crippen LogP contribution in [0.4, 0.5) is 0 Å². The van der Waals surface area contributed by atoms with Crippen molar-refractivity contribution in [3.63, 3.8) is 0 Å². The molecule has 27 heavy (non-hydrogen) atoms. The minimum absolute atomic E-state index is 0.0565. The van der Waals surface area contributed by atoms with E-state index in [1.165, 1.54) is 16.7 Å². The Balaban J connectivity index is 2.05. The molecule has 1 amide bonds. The predicted octanol–water partition coefficient (Wildman–Crippen LogP) is 5.64. The number of aryl methyl sites for hydroxylation is 2. The SMILES string of the molecule is CC[C@H](Oc1ccc(C(C)(C)C)cc1)C(=O)N[C@H](C)c1ccc(C)cc1C. The van der Waals surface area contributed by atoms with Gasteiger partial charge in [-0.1, -0.05) is 63.6 Å². The topological polar surface area (TPSA) is 38.3 Å². The summed E-state index contributed by atoms with van der Waals surface area (Å²) in [7, 11) is 0. The standard InChI is InChI=1S/C24H33NO2/c1-8-22(27-20-12-10-19(11-13-20)24(5,6)7)23(26)25-18(4)21-14-9-16(2)15-17(21)3/h9-15,18,22H,8H2,1-7H3,(H,25,26)/t18-,22+/m1/s1. The number of nitrogens with one attached hydrogen (secondary N) is 1. The Bertz CT molecular complexity index is 772. The molecule has 0 saturated heterocycles. The molecule has 0 saturated carbocycles. The largest absolute Gasteiger partial charge is 0.481 e. The average Bonchev–Trinajstić information content (AvgIpc) is 2.59. The van der Waals surface area contributed by atoms with Crippen LogP contribution in [0.15, 0.2) is 42.5 Å². The third kappa shape index (κ3) is 5.59. The van der Waals surface area contributed by atoms with Gasteiger partial charge in [0.05, 0.1) is 6.04 Å². The number of amides is 1. The molecule has 0 spiro atoms. The lowest BCUT2D eigenvalue weighted by atomic mass is 9.87. The Morgan fingerprint density at radius 1 is 1.07 bits per heavy atom. The van der Waals surface area contributed by atoms with Crippen LogP contribution < -0.4 is 10.1 Å². The van der Waals surface area contributed by atoms with Gasteiger partial charge in [-0.2, -0.15) is 0 Å². The zero-order valence-electron chi connectivity index (χ0n) is 17.7. The summed E-state index contributed by atoms with van der Waals surface area (Å²) in [6, 6.07) is 14.3. The molecule has 2 aromatic rings. The summed E-state index contributed by atoms with van der Waals surface area (Å²) in [5, 5.41) is 3.10. The number of hydrogen-bond acceptors (Lipinski definition) is 2. The first-order valence-corrected chi connectivity index (χ1v) is 9.76. The van der Waals surface area contributed by atoms with Gasteiger partial charge >= 0.3 is 0 Å². The molecule has 0 aliphatic carbocycles. The number of hydrogen-bond donors (Lipinski definition) is 1. The van der Waals surface area contributed by atoms with Gasteiger partial charge in [0.25, 0.3) is 5.91 Å². The quantitative estimate of drug-likeness (QED) is 0.718. The van der Waals surface area contributed by atoms with E-state index in [1.54, 1.807) is 0 Å². The second-order valence-corrected chi connectivity index (χ2v) is 8.38. The van der Waals surface area contributed by atoms with Crippen molar-refractivity contribution in [2.24, 2.45) is 0 Å². The summed E-state index contributed by atoms with van der Waals surface area (Å²) < 4.78 is 5.97. The Labute approximate surface area is 164 Å². The van der Waals surface area contributed by atoms with E-state index >= 15 is 0 Å². The molecule has 0 aliphatic heterocycles. The third-order valence-corrected chi connectivity index (χ3v) is 4.91. The van der Waals surface area contributed by atoms with Crippen LogP contribution in [-0.2, 0) is 10.2 Å². The smallest absolute Gasteiger partial charge is 0.261 e. The minimum atomic E-state index is -0.501. The highest BCUT2D eigenvalue weighted by molar-refractivity contribution is 5.81. The molecule has 0 fully saturated rings. The van der Waals surface area contributed by atoms with E-state index in [4.69, 9.17) is 4.74 Å². The van der Waals surface area contributed by atoms with Gasteiger partial charge in [0.15, 0.2) is 6.10 Å². The second kappa shape index (κ2) is 8.60. The Morgan fingerprint density at radius 2 is 1.70 bits per heavy atom. The van der Waals surface area contributed by atoms with Crippen LogP contribution >= 0.6 is 0 Å². The molecular weight excluding hydrogens is 334 g/mol. The summed E-state index contributed by atoms with van der Waals surface area (Å²) in [6.45, 7) is 14.7. The maximum atomic E-state index is 12.7. The van der Waals surface area contributed by atoms with E-state index in [0.29, 0.717) is 6.42 Å². The number of ether oxygens (including phenoxy) is 1. The van der Waals surface area contributed by atoms with Crippen LogP contribution in [0, 0.1) is 13.8 Å². The summed E-state index contributed by atoms with van der Waals surface area (Å²) in [5.41, 5.74) is 4.90. The Hall–Kier alpha value is -2.29. The van der Waals surface area contributed by atoms with Crippen molar-refractivity contribution >= 4 is 5.91 Å². The van der Waals surface area contributed by atoms with Crippen molar-refractivity contribution in [1.29, 1.82) is 0 Å². The van der Waals surface area contributed by atoms with Crippen molar-refractivity contribution in [2.45, 2.75) is 72.4 Å². The van der Waals surface area contributed by atoms with Gasteiger partial charge < -0.3 is 10.1 Å². The predicted molar refractivity (Wildman–Crippen MR) is 112 cm³/mol. The van der Waals surface area contributed by atoms with Gasteiger partial charge in [-0.05, 0) is 61.4 Å². The minimum Gasteiger partial charge on any atom is -0.481 e. The highest BCUT2D eigenvalue weighted by Gasteiger charge is 2.22. The van der Waals surface area contributed by atoms with Gasteiger partial charge in [0.2, 0.25) is 0 Å². The number of rotatable bonds is 6. The monoisotopic (exact) mass is 367 g/mol. The normalized spacial score (nSPS) is 13.7. The molecule has 0 heterocycles. The van der Waals surface area contributed by atoms with Crippen LogP contribution in [0.1, 0.15) is 69.3 Å². The maximum absolute atomic E-state index is 12.7. The molecule has 3 heteroatoms. The fraction of sp³-hybridized carbons (Fsp3) is 0.458. The molecule has 0 aliphatic rings. The molecule has 0 bridgehead atoms. The molecule has 2 aromatic carbocycles. The van der Waals surface area contributed by atoms with Gasteiger partial charge in [0, 0.05) is 0 Å². The fourth-order valence-electron chi connectivity index (χ4n) is 3.22. The number of carbonyl (C=O) groups excluding carboxylic acids is 1. The van der Waals surface area contributed by atoms with Crippen LogP contribution in [0.25, 0.3) is 0 Å². The van der Waals surface area contributed by atoms with E-state index in [1.807, 2.05) is 26.0 Å². The first-order chi connectivity index (χ1) is 12.6. The zero-order chi connectivity index (χ0) is 20.2. The highest BCUT2D eigenvalue weighted by atomic mass is 16.5. The van der Waals surface area contributed by atoms with Gasteiger partial charge in [-0.15, -0.1) is 0 Å². The maximum Gasteiger partial charge on any atom is 0.261 e. The van der Waals surface area contributed by atoms with E-state index in [0.717, 1.165) is 11.3 Å². The van der Waals surface area contributed by atoms with E-state index in [9.17, 15) is 4.79 Å². The molecule has 2 rings (SSSR count). The summed E-state index contributed by atoms with van der Waals surface area (Å²) in [4.78, 5) is 12.7. The van der Waals surface area contributed by atoms with E-state index in [2.05, 4.69) is 70.3 Å². The fourth-order valence-corrected chi connectivity index (χ4v) is 3.22. The van der Waals surface area contributed by atoms with Crippen LogP contribution in [0.5, 0.6) is 5.75 Å². The molecule has 0 aromatic heterocycles. The number of carbonyl (C=O) groups is 1. The van der Waals surface area contributed by atoms with Crippen molar-refractivity contribution in [2.75, 3.05) is 0 Å². The lowest BCUT2D eigenvalue weighted by Gasteiger charge is -2.23. The van der Waals surface area contributed by atoms with Crippen molar-refractivity contribution in [1.82, 2.24) is 5.32 Å². The Morgan fingerprint density at radius 3 is 2.22 bits per heavy atom. The molecule has 3 nitrogen and oxygen atoms in total. The molecule has 2 atom stereocenters. The summed E-state index contributed by atoms with van der Waals surface area (Å²) in [6.07, 6.45) is 0.116. The van der Waals surface area contributed by atoms with Crippen LogP contribution in [0.3, 0.4) is 0 Å². The molecule has 0 unspecified atom stereocenters. The molecule has 1 N–H and O–H groups in total. The third-order valence-electron chi connectivity index (χ3n) is 4.91. The van der Waals surface area contributed by atoms with E-state index in [-0.39, 0.29) is 17.4 Å². The summed E-state index contributed by atoms with van der Waals surface area (Å²) >= 11 is 0. The lowest BCUT2D eigenvalue weighted by molar-refractivity contribution is -0.128. The van der Waals surface area contributed by atoms with Crippen LogP contribution in [0.2, 0.25) is 0 Å². The molecular formula is C24H33NO2. The molecule has 0 radical (unpaired) electrons. The van der Waals surface area contributed by atoms with Gasteiger partial charge in [-0.3, -0.25) is 4.79 Å². The van der Waals surface area contributed by atoms with Crippen molar-refractivity contribution < 1.29 is 9.53 Å². The van der Waals surface area contributed by atoms with Crippen molar-refractivity contribution in [3.05, 3.63) is 64.7 Å². The average molecular weight is 368 g/mol.